The third kappa shape index (κ3) is 3.48. The lowest BCUT2D eigenvalue weighted by Gasteiger charge is -2.28. The molecule has 1 saturated heterocycles. The highest BCUT2D eigenvalue weighted by atomic mass is 79.9. The summed E-state index contributed by atoms with van der Waals surface area (Å²) >= 11 is 9.23. The largest absolute Gasteiger partial charge is 0.334 e. The Morgan fingerprint density at radius 3 is 2.95 bits per heavy atom. The number of likely N-dealkylation sites (tertiary alicyclic amines) is 1. The minimum atomic E-state index is -0.481. The molecule has 1 aliphatic rings. The van der Waals surface area contributed by atoms with Crippen molar-refractivity contribution in [1.82, 2.24) is 4.90 Å². The first-order chi connectivity index (χ1) is 9.13. The highest BCUT2D eigenvalue weighted by Gasteiger charge is 2.27. The molecule has 0 N–H and O–H groups in total. The molecule has 0 aromatic heterocycles. The van der Waals surface area contributed by atoms with E-state index < -0.39 is 5.82 Å². The Morgan fingerprint density at radius 2 is 2.21 bits per heavy atom. The van der Waals surface area contributed by atoms with E-state index in [9.17, 15) is 9.18 Å². The Balaban J connectivity index is 2.27. The molecule has 1 atom stereocenters. The second kappa shape index (κ2) is 6.71. The second-order valence-electron chi connectivity index (χ2n) is 4.78. The van der Waals surface area contributed by atoms with Gasteiger partial charge in [0.2, 0.25) is 0 Å². The maximum absolute atomic E-state index is 13.8. The van der Waals surface area contributed by atoms with Gasteiger partial charge in [0.15, 0.2) is 0 Å². The Morgan fingerprint density at radius 1 is 1.42 bits per heavy atom. The van der Waals surface area contributed by atoms with Crippen LogP contribution in [0.1, 0.15) is 36.0 Å². The van der Waals surface area contributed by atoms with Crippen molar-refractivity contribution in [3.8, 4) is 0 Å². The van der Waals surface area contributed by atoms with Gasteiger partial charge in [-0.05, 0) is 31.0 Å². The van der Waals surface area contributed by atoms with E-state index in [0.29, 0.717) is 16.9 Å². The van der Waals surface area contributed by atoms with Crippen LogP contribution in [0.15, 0.2) is 22.7 Å². The van der Waals surface area contributed by atoms with Crippen molar-refractivity contribution in [1.29, 1.82) is 0 Å². The average Bonchev–Trinajstić information content (AvgIpc) is 2.65. The van der Waals surface area contributed by atoms with E-state index in [4.69, 9.17) is 11.6 Å². The van der Waals surface area contributed by atoms with Crippen molar-refractivity contribution >= 4 is 33.4 Å². The fourth-order valence-corrected chi connectivity index (χ4v) is 3.10. The number of alkyl halides is 1. The van der Waals surface area contributed by atoms with E-state index in [1.807, 2.05) is 0 Å². The minimum absolute atomic E-state index is 0.00930. The summed E-state index contributed by atoms with van der Waals surface area (Å²) in [6.45, 7) is 0.655. The molecule has 1 aromatic rings. The number of hydrogen-bond donors (Lipinski definition) is 0. The summed E-state index contributed by atoms with van der Waals surface area (Å²) in [6, 6.07) is 4.45. The molecule has 1 aromatic carbocycles. The second-order valence-corrected chi connectivity index (χ2v) is 6.00. The predicted molar refractivity (Wildman–Crippen MR) is 78.1 cm³/mol. The molecule has 1 fully saturated rings. The molecule has 0 spiro atoms. The van der Waals surface area contributed by atoms with Crippen LogP contribution in [0.5, 0.6) is 0 Å². The molecule has 1 amide bonds. The predicted octanol–water partition coefficient (Wildman–Crippen LogP) is 4.21. The van der Waals surface area contributed by atoms with Crippen molar-refractivity contribution in [3.63, 3.8) is 0 Å². The van der Waals surface area contributed by atoms with Gasteiger partial charge in [0.1, 0.15) is 5.82 Å². The van der Waals surface area contributed by atoms with Crippen LogP contribution in [0.25, 0.3) is 0 Å². The number of hydrogen-bond acceptors (Lipinski definition) is 1. The lowest BCUT2D eigenvalue weighted by atomic mass is 10.1. The third-order valence-electron chi connectivity index (χ3n) is 3.47. The SMILES string of the molecule is O=C(c1cc(Br)ccc1F)N1CCCCCC1CCl. The average molecular weight is 349 g/mol. The van der Waals surface area contributed by atoms with E-state index in [-0.39, 0.29) is 17.5 Å². The van der Waals surface area contributed by atoms with Gasteiger partial charge in [-0.3, -0.25) is 4.79 Å². The number of carbonyl (C=O) groups is 1. The summed E-state index contributed by atoms with van der Waals surface area (Å²) in [5.74, 6) is -0.335. The molecular formula is C14H16BrClFNO. The number of amides is 1. The molecule has 0 radical (unpaired) electrons. The van der Waals surface area contributed by atoms with Gasteiger partial charge in [0.25, 0.3) is 5.91 Å². The fraction of sp³-hybridized carbons (Fsp3) is 0.500. The number of benzene rings is 1. The molecule has 0 bridgehead atoms. The van der Waals surface area contributed by atoms with Gasteiger partial charge in [-0.25, -0.2) is 4.39 Å². The molecule has 2 rings (SSSR count). The first kappa shape index (κ1) is 14.8. The first-order valence-corrected chi connectivity index (χ1v) is 7.78. The molecule has 1 heterocycles. The van der Waals surface area contributed by atoms with Crippen LogP contribution in [0, 0.1) is 5.82 Å². The van der Waals surface area contributed by atoms with Crippen LogP contribution in [-0.2, 0) is 0 Å². The molecule has 5 heteroatoms. The summed E-state index contributed by atoms with van der Waals surface area (Å²) in [4.78, 5) is 14.2. The van der Waals surface area contributed by atoms with Gasteiger partial charge < -0.3 is 4.90 Å². The van der Waals surface area contributed by atoms with Crippen LogP contribution >= 0.6 is 27.5 Å². The summed E-state index contributed by atoms with van der Waals surface area (Å²) in [5, 5.41) is 0. The van der Waals surface area contributed by atoms with E-state index in [1.54, 1.807) is 11.0 Å². The van der Waals surface area contributed by atoms with Crippen LogP contribution in [0.3, 0.4) is 0 Å². The van der Waals surface area contributed by atoms with E-state index in [2.05, 4.69) is 15.9 Å². The molecule has 0 saturated carbocycles. The summed E-state index contributed by atoms with van der Waals surface area (Å²) in [5.41, 5.74) is 0.117. The smallest absolute Gasteiger partial charge is 0.257 e. The van der Waals surface area contributed by atoms with Crippen molar-refractivity contribution in [2.24, 2.45) is 0 Å². The fourth-order valence-electron chi connectivity index (χ4n) is 2.42. The van der Waals surface area contributed by atoms with Gasteiger partial charge in [-0.15, -0.1) is 11.6 Å². The molecule has 19 heavy (non-hydrogen) atoms. The van der Waals surface area contributed by atoms with Crippen LogP contribution in [-0.4, -0.2) is 29.3 Å². The Hall–Kier alpha value is -0.610. The van der Waals surface area contributed by atoms with Gasteiger partial charge in [0.05, 0.1) is 5.56 Å². The topological polar surface area (TPSA) is 20.3 Å². The number of halogens is 3. The van der Waals surface area contributed by atoms with E-state index >= 15 is 0 Å². The Bertz CT molecular complexity index is 469. The maximum atomic E-state index is 13.8. The Kier molecular flexibility index (Phi) is 5.22. The van der Waals surface area contributed by atoms with Crippen LogP contribution in [0.2, 0.25) is 0 Å². The Labute approximate surface area is 126 Å². The number of carbonyl (C=O) groups excluding carboxylic acids is 1. The highest BCUT2D eigenvalue weighted by molar-refractivity contribution is 9.10. The zero-order chi connectivity index (χ0) is 13.8. The van der Waals surface area contributed by atoms with Gasteiger partial charge in [-0.2, -0.15) is 0 Å². The lowest BCUT2D eigenvalue weighted by Crippen LogP contribution is -2.41. The first-order valence-electron chi connectivity index (χ1n) is 6.45. The van der Waals surface area contributed by atoms with E-state index in [1.165, 1.54) is 12.1 Å². The van der Waals surface area contributed by atoms with Gasteiger partial charge in [0, 0.05) is 22.9 Å². The van der Waals surface area contributed by atoms with Gasteiger partial charge in [-0.1, -0.05) is 28.8 Å². The molecule has 1 aliphatic heterocycles. The van der Waals surface area contributed by atoms with Gasteiger partial charge >= 0.3 is 0 Å². The molecule has 1 unspecified atom stereocenters. The van der Waals surface area contributed by atoms with Crippen molar-refractivity contribution in [2.45, 2.75) is 31.7 Å². The monoisotopic (exact) mass is 347 g/mol. The summed E-state index contributed by atoms with van der Waals surface area (Å²) in [7, 11) is 0. The van der Waals surface area contributed by atoms with Crippen LogP contribution in [0.4, 0.5) is 4.39 Å². The third-order valence-corrected chi connectivity index (χ3v) is 4.32. The standard InChI is InChI=1S/C14H16BrClFNO/c15-10-5-6-13(17)12(8-10)14(19)18-7-3-1-2-4-11(18)9-16/h5-6,8,11H,1-4,7,9H2. The van der Waals surface area contributed by atoms with Crippen molar-refractivity contribution in [3.05, 3.63) is 34.1 Å². The molecular weight excluding hydrogens is 333 g/mol. The summed E-state index contributed by atoms with van der Waals surface area (Å²) < 4.78 is 14.5. The summed E-state index contributed by atoms with van der Waals surface area (Å²) in [6.07, 6.45) is 4.01. The van der Waals surface area contributed by atoms with Crippen LogP contribution < -0.4 is 0 Å². The highest BCUT2D eigenvalue weighted by Crippen LogP contribution is 2.23. The zero-order valence-electron chi connectivity index (χ0n) is 10.5. The molecule has 2 nitrogen and oxygen atoms in total. The van der Waals surface area contributed by atoms with Crippen molar-refractivity contribution in [2.75, 3.05) is 12.4 Å². The number of rotatable bonds is 2. The maximum Gasteiger partial charge on any atom is 0.257 e. The zero-order valence-corrected chi connectivity index (χ0v) is 12.9. The van der Waals surface area contributed by atoms with Crippen molar-refractivity contribution < 1.29 is 9.18 Å². The quantitative estimate of drug-likeness (QED) is 0.733. The molecule has 104 valence electrons. The lowest BCUT2D eigenvalue weighted by molar-refractivity contribution is 0.0695. The van der Waals surface area contributed by atoms with E-state index in [0.717, 1.165) is 25.7 Å². The minimum Gasteiger partial charge on any atom is -0.334 e. The molecule has 0 aliphatic carbocycles. The number of nitrogens with zero attached hydrogens (tertiary/aromatic N) is 1. The normalized spacial score (nSPS) is 20.2.